The zero-order chi connectivity index (χ0) is 15.5. The fraction of sp³-hybridized carbons (Fsp3) is 0.125. The van der Waals surface area contributed by atoms with Crippen molar-refractivity contribution in [2.75, 3.05) is 5.43 Å². The molecule has 0 bridgehead atoms. The van der Waals surface area contributed by atoms with Gasteiger partial charge in [0.05, 0.1) is 17.3 Å². The van der Waals surface area contributed by atoms with Gasteiger partial charge >= 0.3 is 5.69 Å². The number of hydrogen-bond acceptors (Lipinski definition) is 6. The average molecular weight is 228 g/mol. The Bertz CT molecular complexity index is 586. The van der Waals surface area contributed by atoms with Crippen molar-refractivity contribution < 1.29 is 15.3 Å². The predicted molar refractivity (Wildman–Crippen MR) is 57.5 cm³/mol. The van der Waals surface area contributed by atoms with Crippen molar-refractivity contribution in [3.8, 4) is 0 Å². The molecular formula is C8H8N4O4. The van der Waals surface area contributed by atoms with Crippen molar-refractivity contribution in [2.24, 2.45) is 5.10 Å². The molecule has 84 valence electrons. The van der Waals surface area contributed by atoms with Crippen LogP contribution in [0.5, 0.6) is 0 Å². The molecule has 0 radical (unpaired) electrons. The molecule has 0 atom stereocenters. The Kier molecular flexibility index (Phi) is 2.07. The molecule has 0 aliphatic heterocycles. The molecule has 0 amide bonds. The molecule has 0 unspecified atom stereocenters. The summed E-state index contributed by atoms with van der Waals surface area (Å²) in [5, 5.41) is 24.5. The monoisotopic (exact) mass is 228 g/mol. The molecule has 0 aromatic heterocycles. The maximum Gasteiger partial charge on any atom is 0.301 e. The van der Waals surface area contributed by atoms with Gasteiger partial charge in [0.1, 0.15) is 5.69 Å². The van der Waals surface area contributed by atoms with Gasteiger partial charge in [0.15, 0.2) is 0 Å². The third-order valence-corrected chi connectivity index (χ3v) is 1.62. The van der Waals surface area contributed by atoms with Crippen molar-refractivity contribution >= 4 is 23.3 Å². The second kappa shape index (κ2) is 4.82. The highest BCUT2D eigenvalue weighted by atomic mass is 16.6. The van der Waals surface area contributed by atoms with Gasteiger partial charge in [-0.3, -0.25) is 25.7 Å². The summed E-state index contributed by atoms with van der Waals surface area (Å²) in [6, 6.07) is 2.70. The normalized spacial score (nSPS) is 15.4. The number of anilines is 1. The van der Waals surface area contributed by atoms with Gasteiger partial charge in [-0.25, -0.2) is 0 Å². The number of hydrogen-bond donors (Lipinski definition) is 1. The van der Waals surface area contributed by atoms with Gasteiger partial charge in [-0.05, 0) is 12.9 Å². The minimum absolute atomic E-state index is 0.255. The Labute approximate surface area is 95.5 Å². The molecule has 1 aromatic carbocycles. The molecule has 0 fully saturated rings. The molecule has 0 aliphatic rings. The lowest BCUT2D eigenvalue weighted by atomic mass is 10.2. The Balaban J connectivity index is 3.13. The first-order valence-electron chi connectivity index (χ1n) is 5.86. The number of rotatable bonds is 4. The van der Waals surface area contributed by atoms with Crippen LogP contribution in [0.2, 0.25) is 0 Å². The Hall–Kier alpha value is -2.51. The highest BCUT2D eigenvalue weighted by molar-refractivity contribution is 5.66. The van der Waals surface area contributed by atoms with Gasteiger partial charge < -0.3 is 0 Å². The number of hydrazone groups is 1. The van der Waals surface area contributed by atoms with E-state index in [1.165, 1.54) is 0 Å². The lowest BCUT2D eigenvalue weighted by Crippen LogP contribution is -1.98. The van der Waals surface area contributed by atoms with Gasteiger partial charge in [0.2, 0.25) is 0 Å². The summed E-state index contributed by atoms with van der Waals surface area (Å²) in [5.74, 6) is 0. The molecule has 0 spiro atoms. The molecule has 0 saturated carbocycles. The van der Waals surface area contributed by atoms with Gasteiger partial charge in [-0.15, -0.1) is 0 Å². The van der Waals surface area contributed by atoms with Crippen LogP contribution in [-0.4, -0.2) is 16.0 Å². The zero-order valence-corrected chi connectivity index (χ0v) is 7.71. The SMILES string of the molecule is [2H]/C(=N\Nc1ccc([N+](=O)[O-])cc1[N+](=O)[O-])C([2H])([2H])[2H]. The van der Waals surface area contributed by atoms with E-state index in [9.17, 15) is 20.2 Å². The fourth-order valence-electron chi connectivity index (χ4n) is 0.967. The standard InChI is InChI=1S/C8H8N4O4/c1-2-9-10-7-4-3-6(11(13)14)5-8(7)12(15)16/h2-5,10H,1H3/b9-2+/i1D3,2D. The summed E-state index contributed by atoms with van der Waals surface area (Å²) in [4.78, 5) is 19.6. The third kappa shape index (κ3) is 2.50. The Morgan fingerprint density at radius 2 is 2.25 bits per heavy atom. The van der Waals surface area contributed by atoms with E-state index in [-0.39, 0.29) is 5.69 Å². The molecule has 1 N–H and O–H groups in total. The topological polar surface area (TPSA) is 111 Å². The van der Waals surface area contributed by atoms with Crippen molar-refractivity contribution in [2.45, 2.75) is 6.85 Å². The summed E-state index contributed by atoms with van der Waals surface area (Å²) in [6.45, 7) is -2.76. The lowest BCUT2D eigenvalue weighted by molar-refractivity contribution is -0.393. The lowest BCUT2D eigenvalue weighted by Gasteiger charge is -2.01. The molecular weight excluding hydrogens is 216 g/mol. The summed E-state index contributed by atoms with van der Waals surface area (Å²) < 4.78 is 27.8. The van der Waals surface area contributed by atoms with Crippen molar-refractivity contribution in [3.05, 3.63) is 38.4 Å². The highest BCUT2D eigenvalue weighted by Crippen LogP contribution is 2.28. The molecule has 1 rings (SSSR count). The number of nitrogens with zero attached hydrogens (tertiary/aromatic N) is 3. The predicted octanol–water partition coefficient (Wildman–Crippen LogP) is 1.92. The minimum atomic E-state index is -2.76. The van der Waals surface area contributed by atoms with Crippen molar-refractivity contribution in [1.29, 1.82) is 0 Å². The van der Waals surface area contributed by atoms with E-state index < -0.39 is 34.3 Å². The van der Waals surface area contributed by atoms with E-state index in [2.05, 4.69) is 5.10 Å². The number of non-ortho nitro benzene ring substituents is 1. The second-order valence-corrected chi connectivity index (χ2v) is 2.55. The molecule has 0 saturated heterocycles. The number of nitro groups is 2. The Morgan fingerprint density at radius 3 is 2.81 bits per heavy atom. The van der Waals surface area contributed by atoms with E-state index in [1.54, 1.807) is 0 Å². The number of nitrogens with one attached hydrogen (secondary N) is 1. The summed E-state index contributed by atoms with van der Waals surface area (Å²) in [6.07, 6.45) is -0.995. The van der Waals surface area contributed by atoms with E-state index in [1.807, 2.05) is 5.43 Å². The first-order chi connectivity index (χ1) is 9.12. The molecule has 8 nitrogen and oxygen atoms in total. The van der Waals surface area contributed by atoms with Gasteiger partial charge in [-0.1, -0.05) is 0 Å². The number of nitro benzene ring substituents is 2. The number of benzene rings is 1. The Morgan fingerprint density at radius 1 is 1.50 bits per heavy atom. The maximum atomic E-state index is 10.8. The summed E-state index contributed by atoms with van der Waals surface area (Å²) in [5.41, 5.74) is 0.644. The van der Waals surface area contributed by atoms with Crippen molar-refractivity contribution in [1.82, 2.24) is 0 Å². The fourth-order valence-corrected chi connectivity index (χ4v) is 0.967. The van der Waals surface area contributed by atoms with Crippen LogP contribution in [0.1, 0.15) is 12.3 Å². The molecule has 0 aliphatic carbocycles. The van der Waals surface area contributed by atoms with E-state index >= 15 is 0 Å². The van der Waals surface area contributed by atoms with Gasteiger partial charge in [-0.2, -0.15) is 5.10 Å². The van der Waals surface area contributed by atoms with Crippen molar-refractivity contribution in [3.63, 3.8) is 0 Å². The first kappa shape index (κ1) is 6.88. The maximum absolute atomic E-state index is 10.8. The van der Waals surface area contributed by atoms with Crippen LogP contribution >= 0.6 is 0 Å². The third-order valence-electron chi connectivity index (χ3n) is 1.62. The molecule has 0 heterocycles. The van der Waals surface area contributed by atoms with E-state index in [4.69, 9.17) is 5.48 Å². The summed E-state index contributed by atoms with van der Waals surface area (Å²) in [7, 11) is 0. The zero-order valence-electron chi connectivity index (χ0n) is 11.7. The average Bonchev–Trinajstić information content (AvgIpc) is 2.34. The quantitative estimate of drug-likeness (QED) is 0.480. The van der Waals surface area contributed by atoms with E-state index in [0.717, 1.165) is 12.1 Å². The highest BCUT2D eigenvalue weighted by Gasteiger charge is 2.18. The summed E-state index contributed by atoms with van der Waals surface area (Å²) >= 11 is 0. The van der Waals surface area contributed by atoms with Crippen LogP contribution in [0.15, 0.2) is 23.3 Å². The van der Waals surface area contributed by atoms with Crippen LogP contribution in [0.3, 0.4) is 0 Å². The van der Waals surface area contributed by atoms with E-state index in [0.29, 0.717) is 6.07 Å². The van der Waals surface area contributed by atoms with Crippen LogP contribution in [0.4, 0.5) is 17.1 Å². The van der Waals surface area contributed by atoms with Gasteiger partial charge in [0, 0.05) is 16.4 Å². The largest absolute Gasteiger partial charge is 0.301 e. The van der Waals surface area contributed by atoms with Crippen LogP contribution in [-0.2, 0) is 0 Å². The van der Waals surface area contributed by atoms with Crippen LogP contribution < -0.4 is 5.43 Å². The molecule has 8 heteroatoms. The second-order valence-electron chi connectivity index (χ2n) is 2.55. The smallest absolute Gasteiger partial charge is 0.272 e. The van der Waals surface area contributed by atoms with Crippen LogP contribution in [0.25, 0.3) is 0 Å². The van der Waals surface area contributed by atoms with Gasteiger partial charge in [0.25, 0.3) is 5.69 Å². The molecule has 1 aromatic rings. The first-order valence-corrected chi connectivity index (χ1v) is 3.86. The van der Waals surface area contributed by atoms with Crippen LogP contribution in [0, 0.1) is 20.2 Å². The molecule has 16 heavy (non-hydrogen) atoms. The minimum Gasteiger partial charge on any atom is -0.272 e.